The van der Waals surface area contributed by atoms with E-state index in [1.807, 2.05) is 6.07 Å². The van der Waals surface area contributed by atoms with Crippen molar-refractivity contribution in [2.24, 2.45) is 0 Å². The minimum absolute atomic E-state index is 0.0850. The number of rotatable bonds is 1. The van der Waals surface area contributed by atoms with Crippen LogP contribution < -0.4 is 10.6 Å². The molecule has 2 N–H and O–H groups in total. The highest BCUT2D eigenvalue weighted by Crippen LogP contribution is 2.49. The van der Waals surface area contributed by atoms with Crippen LogP contribution >= 0.6 is 0 Å². The summed E-state index contributed by atoms with van der Waals surface area (Å²) in [6.45, 7) is 2.11. The molecule has 1 spiro atoms. The molecule has 4 heteroatoms. The number of hydrogen-bond acceptors (Lipinski definition) is 3. The Morgan fingerprint density at radius 1 is 1.37 bits per heavy atom. The van der Waals surface area contributed by atoms with Gasteiger partial charge in [-0.3, -0.25) is 0 Å². The number of benzene rings is 1. The van der Waals surface area contributed by atoms with Gasteiger partial charge in [-0.25, -0.2) is 4.79 Å². The highest BCUT2D eigenvalue weighted by Gasteiger charge is 2.44. The fourth-order valence-electron chi connectivity index (χ4n) is 3.60. The Kier molecular flexibility index (Phi) is 3.19. The molecule has 1 aromatic carbocycles. The summed E-state index contributed by atoms with van der Waals surface area (Å²) < 4.78 is 4.74. The van der Waals surface area contributed by atoms with Crippen molar-refractivity contribution in [3.05, 3.63) is 35.4 Å². The van der Waals surface area contributed by atoms with Crippen molar-refractivity contribution in [1.82, 2.24) is 10.6 Å². The topological polar surface area (TPSA) is 50.4 Å². The zero-order valence-corrected chi connectivity index (χ0v) is 11.2. The molecule has 1 amide bonds. The van der Waals surface area contributed by atoms with Gasteiger partial charge in [0.05, 0.1) is 13.2 Å². The molecule has 0 saturated carbocycles. The van der Waals surface area contributed by atoms with Crippen LogP contribution in [0.5, 0.6) is 0 Å². The van der Waals surface area contributed by atoms with Gasteiger partial charge >= 0.3 is 6.09 Å². The molecule has 2 aliphatic rings. The standard InChI is InChI=1S/C15H20N2O2/c1-19-14(18)17-13-10-15(6-8-16-9-7-15)12-5-3-2-4-11(12)13/h2-5,13,16H,6-10H2,1H3,(H,17,18). The third-order valence-corrected chi connectivity index (χ3v) is 4.54. The second-order valence-electron chi connectivity index (χ2n) is 5.51. The molecule has 1 aliphatic carbocycles. The molecule has 1 aromatic rings. The molecule has 3 rings (SSSR count). The summed E-state index contributed by atoms with van der Waals surface area (Å²) in [6.07, 6.45) is 2.93. The van der Waals surface area contributed by atoms with E-state index in [1.165, 1.54) is 18.2 Å². The normalized spacial score (nSPS) is 23.9. The summed E-state index contributed by atoms with van der Waals surface area (Å²) in [6, 6.07) is 8.59. The van der Waals surface area contributed by atoms with E-state index < -0.39 is 0 Å². The number of ether oxygens (including phenoxy) is 1. The number of hydrogen-bond donors (Lipinski definition) is 2. The Labute approximate surface area is 113 Å². The number of fused-ring (bicyclic) bond motifs is 2. The summed E-state index contributed by atoms with van der Waals surface area (Å²) in [5.74, 6) is 0. The van der Waals surface area contributed by atoms with Gasteiger partial charge in [-0.1, -0.05) is 24.3 Å². The van der Waals surface area contributed by atoms with Gasteiger partial charge in [0.1, 0.15) is 0 Å². The van der Waals surface area contributed by atoms with Gasteiger partial charge in [0.15, 0.2) is 0 Å². The maximum Gasteiger partial charge on any atom is 0.407 e. The van der Waals surface area contributed by atoms with Crippen LogP contribution in [0.3, 0.4) is 0 Å². The van der Waals surface area contributed by atoms with Crippen LogP contribution in [0.25, 0.3) is 0 Å². The Morgan fingerprint density at radius 3 is 2.84 bits per heavy atom. The van der Waals surface area contributed by atoms with Gasteiger partial charge in [0.25, 0.3) is 0 Å². The lowest BCUT2D eigenvalue weighted by atomic mass is 9.74. The molecule has 0 radical (unpaired) electrons. The van der Waals surface area contributed by atoms with Crippen molar-refractivity contribution >= 4 is 6.09 Å². The lowest BCUT2D eigenvalue weighted by Crippen LogP contribution is -2.39. The quantitative estimate of drug-likeness (QED) is 0.813. The molecule has 1 unspecified atom stereocenters. The highest BCUT2D eigenvalue weighted by molar-refractivity contribution is 5.68. The SMILES string of the molecule is COC(=O)NC1CC2(CCNCC2)c2ccccc21. The van der Waals surface area contributed by atoms with E-state index in [2.05, 4.69) is 28.8 Å². The molecule has 1 saturated heterocycles. The van der Waals surface area contributed by atoms with Crippen LogP contribution in [0.4, 0.5) is 4.79 Å². The van der Waals surface area contributed by atoms with Crippen molar-refractivity contribution in [2.45, 2.75) is 30.7 Å². The van der Waals surface area contributed by atoms with Crippen LogP contribution in [0.2, 0.25) is 0 Å². The first-order valence-electron chi connectivity index (χ1n) is 6.90. The van der Waals surface area contributed by atoms with Crippen molar-refractivity contribution in [2.75, 3.05) is 20.2 Å². The number of carbonyl (C=O) groups excluding carboxylic acids is 1. The maximum atomic E-state index is 11.5. The van der Waals surface area contributed by atoms with Crippen molar-refractivity contribution < 1.29 is 9.53 Å². The summed E-state index contributed by atoms with van der Waals surface area (Å²) in [5.41, 5.74) is 2.90. The van der Waals surface area contributed by atoms with Crippen LogP contribution in [0.15, 0.2) is 24.3 Å². The van der Waals surface area contributed by atoms with Crippen LogP contribution in [0.1, 0.15) is 36.4 Å². The van der Waals surface area contributed by atoms with Crippen molar-refractivity contribution in [1.29, 1.82) is 0 Å². The Hall–Kier alpha value is -1.55. The van der Waals surface area contributed by atoms with Gasteiger partial charge in [-0.2, -0.15) is 0 Å². The predicted octanol–water partition coefficient (Wildman–Crippen LogP) is 2.11. The Balaban J connectivity index is 1.92. The van der Waals surface area contributed by atoms with Gasteiger partial charge in [-0.15, -0.1) is 0 Å². The first kappa shape index (κ1) is 12.5. The van der Waals surface area contributed by atoms with E-state index >= 15 is 0 Å². The molecule has 1 heterocycles. The molecule has 19 heavy (non-hydrogen) atoms. The fourth-order valence-corrected chi connectivity index (χ4v) is 3.60. The zero-order valence-electron chi connectivity index (χ0n) is 11.2. The highest BCUT2D eigenvalue weighted by atomic mass is 16.5. The average Bonchev–Trinajstić information content (AvgIpc) is 2.74. The second kappa shape index (κ2) is 4.85. The zero-order chi connectivity index (χ0) is 13.3. The van der Waals surface area contributed by atoms with Gasteiger partial charge < -0.3 is 15.4 Å². The predicted molar refractivity (Wildman–Crippen MR) is 73.1 cm³/mol. The summed E-state index contributed by atoms with van der Waals surface area (Å²) in [5, 5.41) is 6.40. The van der Waals surface area contributed by atoms with E-state index in [1.54, 1.807) is 0 Å². The first-order valence-corrected chi connectivity index (χ1v) is 6.90. The third kappa shape index (κ3) is 2.10. The van der Waals surface area contributed by atoms with Gasteiger partial charge in [0, 0.05) is 5.41 Å². The molecule has 1 aliphatic heterocycles. The monoisotopic (exact) mass is 260 g/mol. The molecule has 4 nitrogen and oxygen atoms in total. The molecule has 0 aromatic heterocycles. The lowest BCUT2D eigenvalue weighted by molar-refractivity contribution is 0.164. The lowest BCUT2D eigenvalue weighted by Gasteiger charge is -2.35. The number of nitrogens with one attached hydrogen (secondary N) is 2. The molecule has 1 fully saturated rings. The summed E-state index contributed by atoms with van der Waals surface area (Å²) in [7, 11) is 1.41. The summed E-state index contributed by atoms with van der Waals surface area (Å²) in [4.78, 5) is 11.5. The average molecular weight is 260 g/mol. The Morgan fingerprint density at radius 2 is 2.11 bits per heavy atom. The molecule has 1 atom stereocenters. The van der Waals surface area contributed by atoms with Crippen LogP contribution in [-0.2, 0) is 10.2 Å². The fraction of sp³-hybridized carbons (Fsp3) is 0.533. The Bertz CT molecular complexity index is 481. The van der Waals surface area contributed by atoms with Gasteiger partial charge in [0.2, 0.25) is 0 Å². The number of methoxy groups -OCH3 is 1. The molecule has 0 bridgehead atoms. The van der Waals surface area contributed by atoms with E-state index in [-0.39, 0.29) is 17.6 Å². The van der Waals surface area contributed by atoms with Crippen molar-refractivity contribution in [3.8, 4) is 0 Å². The maximum absolute atomic E-state index is 11.5. The van der Waals surface area contributed by atoms with Gasteiger partial charge in [-0.05, 0) is 43.5 Å². The van der Waals surface area contributed by atoms with E-state index in [4.69, 9.17) is 4.74 Å². The van der Waals surface area contributed by atoms with Crippen LogP contribution in [-0.4, -0.2) is 26.3 Å². The molecular weight excluding hydrogens is 240 g/mol. The number of amides is 1. The number of carbonyl (C=O) groups is 1. The largest absolute Gasteiger partial charge is 0.453 e. The third-order valence-electron chi connectivity index (χ3n) is 4.54. The smallest absolute Gasteiger partial charge is 0.407 e. The van der Waals surface area contributed by atoms with E-state index in [0.29, 0.717) is 0 Å². The van der Waals surface area contributed by atoms with E-state index in [9.17, 15) is 4.79 Å². The first-order chi connectivity index (χ1) is 9.25. The molecular formula is C15H20N2O2. The van der Waals surface area contributed by atoms with Crippen LogP contribution in [0, 0.1) is 0 Å². The number of alkyl carbamates (subject to hydrolysis) is 1. The minimum Gasteiger partial charge on any atom is -0.453 e. The minimum atomic E-state index is -0.342. The molecule has 102 valence electrons. The second-order valence-corrected chi connectivity index (χ2v) is 5.51. The van der Waals surface area contributed by atoms with Crippen molar-refractivity contribution in [3.63, 3.8) is 0 Å². The van der Waals surface area contributed by atoms with E-state index in [0.717, 1.165) is 32.4 Å². The number of piperidine rings is 1. The summed E-state index contributed by atoms with van der Waals surface area (Å²) >= 11 is 0.